The van der Waals surface area contributed by atoms with Crippen molar-refractivity contribution < 1.29 is 18.9 Å². The van der Waals surface area contributed by atoms with Crippen LogP contribution in [0.2, 0.25) is 0 Å². The molecule has 0 unspecified atom stereocenters. The summed E-state index contributed by atoms with van der Waals surface area (Å²) in [5, 5.41) is 9.73. The number of aromatic nitrogens is 1. The van der Waals surface area contributed by atoms with E-state index in [0.29, 0.717) is 34.1 Å². The molecule has 2 N–H and O–H groups in total. The lowest BCUT2D eigenvalue weighted by atomic mass is 9.96. The fourth-order valence-electron chi connectivity index (χ4n) is 3.06. The van der Waals surface area contributed by atoms with E-state index in [-0.39, 0.29) is 11.4 Å². The Balaban J connectivity index is 2.29. The normalized spacial score (nSPS) is 10.2. The first-order valence-electron chi connectivity index (χ1n) is 8.71. The van der Waals surface area contributed by atoms with E-state index >= 15 is 0 Å². The predicted octanol–water partition coefficient (Wildman–Crippen LogP) is 3.90. The van der Waals surface area contributed by atoms with Gasteiger partial charge in [-0.15, -0.1) is 0 Å². The van der Waals surface area contributed by atoms with Crippen LogP contribution in [0.1, 0.15) is 5.56 Å². The maximum Gasteiger partial charge on any atom is 0.142 e. The Morgan fingerprint density at radius 1 is 0.828 bits per heavy atom. The number of nitrogens with zero attached hydrogens (tertiary/aromatic N) is 2. The Morgan fingerprint density at radius 2 is 1.41 bits per heavy atom. The first-order valence-corrected chi connectivity index (χ1v) is 8.71. The van der Waals surface area contributed by atoms with Crippen LogP contribution in [-0.4, -0.2) is 33.4 Å². The van der Waals surface area contributed by atoms with Gasteiger partial charge in [0.1, 0.15) is 40.4 Å². The molecular formula is C22H21N3O4. The van der Waals surface area contributed by atoms with Gasteiger partial charge in [-0.1, -0.05) is 0 Å². The Hall–Kier alpha value is -3.92. The van der Waals surface area contributed by atoms with Gasteiger partial charge in [0.15, 0.2) is 0 Å². The highest BCUT2D eigenvalue weighted by atomic mass is 16.5. The first kappa shape index (κ1) is 19.8. The van der Waals surface area contributed by atoms with Gasteiger partial charge in [0.2, 0.25) is 0 Å². The first-order chi connectivity index (χ1) is 14.1. The van der Waals surface area contributed by atoms with Crippen LogP contribution < -0.4 is 24.7 Å². The molecule has 148 valence electrons. The molecule has 7 nitrogen and oxygen atoms in total. The van der Waals surface area contributed by atoms with Crippen molar-refractivity contribution in [2.45, 2.75) is 0 Å². The summed E-state index contributed by atoms with van der Waals surface area (Å²) in [5.41, 5.74) is 8.97. The van der Waals surface area contributed by atoms with E-state index in [2.05, 4.69) is 11.1 Å². The number of hydrogen-bond acceptors (Lipinski definition) is 7. The maximum atomic E-state index is 9.73. The smallest absolute Gasteiger partial charge is 0.142 e. The highest BCUT2D eigenvalue weighted by Crippen LogP contribution is 2.44. The number of pyridine rings is 1. The number of hydrogen-bond donors (Lipinski definition) is 1. The summed E-state index contributed by atoms with van der Waals surface area (Å²) in [5.74, 6) is 2.40. The molecule has 0 fully saturated rings. The number of nitrogen functional groups attached to an aromatic ring is 1. The summed E-state index contributed by atoms with van der Waals surface area (Å²) in [6.45, 7) is 0. The summed E-state index contributed by atoms with van der Waals surface area (Å²) in [7, 11) is 6.24. The molecule has 29 heavy (non-hydrogen) atoms. The number of ether oxygens (including phenoxy) is 4. The highest BCUT2D eigenvalue weighted by molar-refractivity contribution is 5.87. The number of methoxy groups -OCH3 is 4. The topological polar surface area (TPSA) is 99.6 Å². The summed E-state index contributed by atoms with van der Waals surface area (Å²) in [6, 6.07) is 14.8. The van der Waals surface area contributed by atoms with Gasteiger partial charge < -0.3 is 24.7 Å². The van der Waals surface area contributed by atoms with Gasteiger partial charge in [0, 0.05) is 23.3 Å². The molecule has 0 aliphatic carbocycles. The van der Waals surface area contributed by atoms with E-state index in [1.54, 1.807) is 46.6 Å². The zero-order chi connectivity index (χ0) is 21.0. The van der Waals surface area contributed by atoms with Gasteiger partial charge in [-0.05, 0) is 30.3 Å². The minimum absolute atomic E-state index is 0.121. The van der Waals surface area contributed by atoms with E-state index < -0.39 is 0 Å². The van der Waals surface area contributed by atoms with Gasteiger partial charge in [-0.25, -0.2) is 4.98 Å². The van der Waals surface area contributed by atoms with Crippen molar-refractivity contribution in [1.82, 2.24) is 4.98 Å². The second kappa shape index (κ2) is 8.40. The largest absolute Gasteiger partial charge is 0.497 e. The molecule has 0 amide bonds. The second-order valence-corrected chi connectivity index (χ2v) is 6.06. The van der Waals surface area contributed by atoms with Crippen LogP contribution in [0.3, 0.4) is 0 Å². The average Bonchev–Trinajstić information content (AvgIpc) is 2.77. The van der Waals surface area contributed by atoms with Crippen molar-refractivity contribution >= 4 is 5.82 Å². The Bertz CT molecular complexity index is 1050. The third-order valence-corrected chi connectivity index (χ3v) is 4.53. The van der Waals surface area contributed by atoms with Gasteiger partial charge in [-0.2, -0.15) is 5.26 Å². The van der Waals surface area contributed by atoms with E-state index in [0.717, 1.165) is 11.3 Å². The quantitative estimate of drug-likeness (QED) is 0.680. The SMILES string of the molecule is COc1ccc(-c2cc(-c3c(OC)cc(OC)cc3OC)c(C#N)c(N)n2)cc1. The van der Waals surface area contributed by atoms with E-state index in [9.17, 15) is 5.26 Å². The van der Waals surface area contributed by atoms with Crippen LogP contribution in [0.4, 0.5) is 5.82 Å². The molecule has 2 aromatic carbocycles. The number of nitrogens with two attached hydrogens (primary N) is 1. The third-order valence-electron chi connectivity index (χ3n) is 4.53. The lowest BCUT2D eigenvalue weighted by Gasteiger charge is -2.17. The second-order valence-electron chi connectivity index (χ2n) is 6.06. The molecule has 0 spiro atoms. The van der Waals surface area contributed by atoms with Crippen molar-refractivity contribution in [1.29, 1.82) is 5.26 Å². The predicted molar refractivity (Wildman–Crippen MR) is 110 cm³/mol. The standard InChI is InChI=1S/C22H21N3O4/c1-26-14-7-5-13(6-8-14)18-11-16(17(12-23)22(24)25-18)21-19(28-3)9-15(27-2)10-20(21)29-4/h5-11H,1-4H3,(H2,24,25). The van der Waals surface area contributed by atoms with Crippen LogP contribution in [0.5, 0.6) is 23.0 Å². The van der Waals surface area contributed by atoms with E-state index in [1.807, 2.05) is 24.3 Å². The molecule has 7 heteroatoms. The Kier molecular flexibility index (Phi) is 5.74. The fourth-order valence-corrected chi connectivity index (χ4v) is 3.06. The van der Waals surface area contributed by atoms with Gasteiger partial charge >= 0.3 is 0 Å². The summed E-state index contributed by atoms with van der Waals surface area (Å²) in [4.78, 5) is 4.41. The number of nitriles is 1. The van der Waals surface area contributed by atoms with Gasteiger partial charge in [0.25, 0.3) is 0 Å². The van der Waals surface area contributed by atoms with Crippen LogP contribution in [0.15, 0.2) is 42.5 Å². The molecular weight excluding hydrogens is 370 g/mol. The molecule has 1 aromatic heterocycles. The van der Waals surface area contributed by atoms with Crippen LogP contribution in [-0.2, 0) is 0 Å². The minimum atomic E-state index is 0.121. The minimum Gasteiger partial charge on any atom is -0.497 e. The number of anilines is 1. The monoisotopic (exact) mass is 391 g/mol. The molecule has 0 atom stereocenters. The van der Waals surface area contributed by atoms with Crippen molar-refractivity contribution in [3.05, 3.63) is 48.0 Å². The van der Waals surface area contributed by atoms with Crippen molar-refractivity contribution in [2.24, 2.45) is 0 Å². The molecule has 0 saturated carbocycles. The Labute approximate surface area is 169 Å². The number of benzene rings is 2. The zero-order valence-electron chi connectivity index (χ0n) is 16.6. The zero-order valence-corrected chi connectivity index (χ0v) is 16.6. The van der Waals surface area contributed by atoms with E-state index in [1.165, 1.54) is 0 Å². The number of rotatable bonds is 6. The van der Waals surface area contributed by atoms with Crippen molar-refractivity contribution in [2.75, 3.05) is 34.2 Å². The average molecular weight is 391 g/mol. The summed E-state index contributed by atoms with van der Waals surface area (Å²) in [6.07, 6.45) is 0. The third kappa shape index (κ3) is 3.73. The van der Waals surface area contributed by atoms with Crippen molar-refractivity contribution in [3.8, 4) is 51.5 Å². The lowest BCUT2D eigenvalue weighted by molar-refractivity contribution is 0.377. The van der Waals surface area contributed by atoms with Crippen molar-refractivity contribution in [3.63, 3.8) is 0 Å². The lowest BCUT2D eigenvalue weighted by Crippen LogP contribution is -2.02. The molecule has 0 aliphatic rings. The molecule has 3 aromatic rings. The Morgan fingerprint density at radius 3 is 1.90 bits per heavy atom. The molecule has 0 saturated heterocycles. The molecule has 0 bridgehead atoms. The fraction of sp³-hybridized carbons (Fsp3) is 0.182. The highest BCUT2D eigenvalue weighted by Gasteiger charge is 2.21. The summed E-state index contributed by atoms with van der Waals surface area (Å²) < 4.78 is 21.6. The van der Waals surface area contributed by atoms with Crippen LogP contribution >= 0.6 is 0 Å². The van der Waals surface area contributed by atoms with Gasteiger partial charge in [0.05, 0.1) is 39.7 Å². The van der Waals surface area contributed by atoms with Gasteiger partial charge in [-0.3, -0.25) is 0 Å². The van der Waals surface area contributed by atoms with Crippen LogP contribution in [0, 0.1) is 11.3 Å². The van der Waals surface area contributed by atoms with Crippen LogP contribution in [0.25, 0.3) is 22.4 Å². The molecule has 0 aliphatic heterocycles. The maximum absolute atomic E-state index is 9.73. The summed E-state index contributed by atoms with van der Waals surface area (Å²) >= 11 is 0. The van der Waals surface area contributed by atoms with E-state index in [4.69, 9.17) is 24.7 Å². The molecule has 1 heterocycles. The molecule has 3 rings (SSSR count). The molecule has 0 radical (unpaired) electrons.